The van der Waals surface area contributed by atoms with Gasteiger partial charge in [0, 0.05) is 28.6 Å². The number of benzene rings is 2. The number of halogens is 3. The van der Waals surface area contributed by atoms with Crippen LogP contribution in [0.5, 0.6) is 5.75 Å². The molecule has 1 aromatic heterocycles. The zero-order valence-corrected chi connectivity index (χ0v) is 18.5. The molecule has 0 saturated heterocycles. The summed E-state index contributed by atoms with van der Waals surface area (Å²) < 4.78 is 24.3. The first-order valence-corrected chi connectivity index (χ1v) is 11.0. The zero-order valence-electron chi connectivity index (χ0n) is 17.0. The third kappa shape index (κ3) is 5.53. The highest BCUT2D eigenvalue weighted by Gasteiger charge is 2.25. The van der Waals surface area contributed by atoms with Crippen LogP contribution in [-0.2, 0) is 4.79 Å². The number of hydrogen-bond acceptors (Lipinski definition) is 4. The van der Waals surface area contributed by atoms with E-state index in [9.17, 15) is 14.0 Å². The SMILES string of the molecule is O=C(COc1ccc(Cl)c(F)c1)NC1CCC(NC(=O)c2cc3cc(Cl)ccc3o2)CC1. The van der Waals surface area contributed by atoms with E-state index in [0.29, 0.717) is 10.6 Å². The first-order valence-electron chi connectivity index (χ1n) is 10.2. The van der Waals surface area contributed by atoms with Crippen molar-refractivity contribution >= 4 is 46.0 Å². The van der Waals surface area contributed by atoms with E-state index >= 15 is 0 Å². The second-order valence-corrected chi connectivity index (χ2v) is 8.59. The monoisotopic (exact) mass is 478 g/mol. The van der Waals surface area contributed by atoms with Gasteiger partial charge in [-0.15, -0.1) is 0 Å². The Hall–Kier alpha value is -2.77. The lowest BCUT2D eigenvalue weighted by molar-refractivity contribution is -0.124. The van der Waals surface area contributed by atoms with Crippen LogP contribution in [0.3, 0.4) is 0 Å². The van der Waals surface area contributed by atoms with Gasteiger partial charge in [0.15, 0.2) is 12.4 Å². The molecule has 9 heteroatoms. The van der Waals surface area contributed by atoms with E-state index in [4.69, 9.17) is 32.4 Å². The summed E-state index contributed by atoms with van der Waals surface area (Å²) in [5.74, 6) is -0.673. The lowest BCUT2D eigenvalue weighted by Gasteiger charge is -2.29. The molecule has 0 aliphatic heterocycles. The molecule has 1 heterocycles. The number of carbonyl (C=O) groups excluding carboxylic acids is 2. The Morgan fingerprint density at radius 1 is 1.00 bits per heavy atom. The molecular weight excluding hydrogens is 458 g/mol. The maximum Gasteiger partial charge on any atom is 0.287 e. The lowest BCUT2D eigenvalue weighted by atomic mass is 9.91. The molecule has 168 valence electrons. The van der Waals surface area contributed by atoms with E-state index in [1.54, 1.807) is 24.3 Å². The Morgan fingerprint density at radius 3 is 2.44 bits per heavy atom. The first kappa shape index (κ1) is 22.4. The molecule has 6 nitrogen and oxygen atoms in total. The summed E-state index contributed by atoms with van der Waals surface area (Å²) in [7, 11) is 0. The third-order valence-electron chi connectivity index (χ3n) is 5.39. The zero-order chi connectivity index (χ0) is 22.7. The van der Waals surface area contributed by atoms with Gasteiger partial charge in [-0.1, -0.05) is 23.2 Å². The van der Waals surface area contributed by atoms with Crippen molar-refractivity contribution in [1.82, 2.24) is 10.6 Å². The van der Waals surface area contributed by atoms with Crippen LogP contribution in [0.4, 0.5) is 4.39 Å². The Morgan fingerprint density at radius 2 is 1.72 bits per heavy atom. The van der Waals surface area contributed by atoms with E-state index in [1.165, 1.54) is 12.1 Å². The number of rotatable bonds is 6. The summed E-state index contributed by atoms with van der Waals surface area (Å²) in [6, 6.07) is 10.9. The first-order chi connectivity index (χ1) is 15.4. The molecule has 0 unspecified atom stereocenters. The molecule has 32 heavy (non-hydrogen) atoms. The third-order valence-corrected chi connectivity index (χ3v) is 5.93. The molecule has 2 N–H and O–H groups in total. The van der Waals surface area contributed by atoms with Gasteiger partial charge in [0.2, 0.25) is 0 Å². The Balaban J connectivity index is 1.21. The van der Waals surface area contributed by atoms with Crippen LogP contribution in [0.1, 0.15) is 36.2 Å². The van der Waals surface area contributed by atoms with Gasteiger partial charge in [-0.3, -0.25) is 9.59 Å². The molecule has 1 saturated carbocycles. The molecule has 0 spiro atoms. The number of ether oxygens (including phenoxy) is 1. The minimum Gasteiger partial charge on any atom is -0.484 e. The summed E-state index contributed by atoms with van der Waals surface area (Å²) in [6.07, 6.45) is 2.90. The number of fused-ring (bicyclic) bond motifs is 1. The number of furan rings is 1. The van der Waals surface area contributed by atoms with Crippen molar-refractivity contribution in [2.75, 3.05) is 6.61 Å². The van der Waals surface area contributed by atoms with Crippen molar-refractivity contribution in [3.05, 3.63) is 64.1 Å². The predicted octanol–water partition coefficient (Wildman–Crippen LogP) is 5.11. The Labute approximate surface area is 194 Å². The van der Waals surface area contributed by atoms with Gasteiger partial charge in [0.25, 0.3) is 11.8 Å². The van der Waals surface area contributed by atoms with Crippen molar-refractivity contribution in [3.8, 4) is 5.75 Å². The summed E-state index contributed by atoms with van der Waals surface area (Å²) in [5, 5.41) is 7.26. The quantitative estimate of drug-likeness (QED) is 0.515. The second-order valence-electron chi connectivity index (χ2n) is 7.75. The average molecular weight is 479 g/mol. The van der Waals surface area contributed by atoms with E-state index in [-0.39, 0.29) is 47.0 Å². The Bertz CT molecular complexity index is 1140. The summed E-state index contributed by atoms with van der Waals surface area (Å²) in [6.45, 7) is -0.214. The number of carbonyl (C=O) groups is 2. The summed E-state index contributed by atoms with van der Waals surface area (Å²) in [5.41, 5.74) is 0.606. The van der Waals surface area contributed by atoms with Gasteiger partial charge >= 0.3 is 0 Å². The van der Waals surface area contributed by atoms with E-state index in [2.05, 4.69) is 10.6 Å². The fraction of sp³-hybridized carbons (Fsp3) is 0.304. The minimum atomic E-state index is -0.601. The molecular formula is C23H21Cl2FN2O4. The van der Waals surface area contributed by atoms with E-state index in [0.717, 1.165) is 37.1 Å². The smallest absolute Gasteiger partial charge is 0.287 e. The molecule has 1 fully saturated rings. The standard InChI is InChI=1S/C23H21Cl2FN2O4/c24-14-1-8-20-13(9-14)10-21(32-20)23(30)28-16-4-2-15(3-5-16)27-22(29)12-31-17-6-7-18(25)19(26)11-17/h1,6-11,15-16H,2-5,12H2,(H,27,29)(H,28,30). The van der Waals surface area contributed by atoms with Crippen molar-refractivity contribution in [3.63, 3.8) is 0 Å². The lowest BCUT2D eigenvalue weighted by Crippen LogP contribution is -2.44. The van der Waals surface area contributed by atoms with Crippen molar-refractivity contribution in [2.24, 2.45) is 0 Å². The topological polar surface area (TPSA) is 80.6 Å². The molecule has 1 aliphatic carbocycles. The molecule has 1 aliphatic rings. The van der Waals surface area contributed by atoms with E-state index < -0.39 is 5.82 Å². The number of nitrogens with one attached hydrogen (secondary N) is 2. The molecule has 2 amide bonds. The van der Waals surface area contributed by atoms with Crippen LogP contribution in [0, 0.1) is 5.82 Å². The van der Waals surface area contributed by atoms with Crippen molar-refractivity contribution < 1.29 is 23.1 Å². The van der Waals surface area contributed by atoms with Gasteiger partial charge < -0.3 is 19.8 Å². The molecule has 0 atom stereocenters. The van der Waals surface area contributed by atoms with Gasteiger partial charge in [-0.05, 0) is 62.1 Å². The van der Waals surface area contributed by atoms with Crippen LogP contribution in [0.25, 0.3) is 11.0 Å². The normalized spacial score (nSPS) is 18.3. The Kier molecular flexibility index (Phi) is 6.86. The van der Waals surface area contributed by atoms with Gasteiger partial charge in [0.1, 0.15) is 17.1 Å². The highest BCUT2D eigenvalue weighted by Crippen LogP contribution is 2.24. The fourth-order valence-corrected chi connectivity index (χ4v) is 4.05. The molecule has 0 bridgehead atoms. The largest absolute Gasteiger partial charge is 0.484 e. The predicted molar refractivity (Wildman–Crippen MR) is 120 cm³/mol. The molecule has 4 rings (SSSR count). The van der Waals surface area contributed by atoms with Crippen LogP contribution in [0.15, 0.2) is 46.9 Å². The summed E-state index contributed by atoms with van der Waals surface area (Å²) >= 11 is 11.6. The number of amides is 2. The van der Waals surface area contributed by atoms with Crippen LogP contribution in [0.2, 0.25) is 10.0 Å². The van der Waals surface area contributed by atoms with Crippen LogP contribution in [-0.4, -0.2) is 30.5 Å². The van der Waals surface area contributed by atoms with Crippen molar-refractivity contribution in [1.29, 1.82) is 0 Å². The minimum absolute atomic E-state index is 0.000690. The highest BCUT2D eigenvalue weighted by molar-refractivity contribution is 6.31. The molecule has 0 radical (unpaired) electrons. The van der Waals surface area contributed by atoms with Crippen LogP contribution >= 0.6 is 23.2 Å². The van der Waals surface area contributed by atoms with E-state index in [1.807, 2.05) is 0 Å². The fourth-order valence-electron chi connectivity index (χ4n) is 3.75. The molecule has 3 aromatic rings. The van der Waals surface area contributed by atoms with Gasteiger partial charge in [0.05, 0.1) is 5.02 Å². The van der Waals surface area contributed by atoms with Crippen LogP contribution < -0.4 is 15.4 Å². The van der Waals surface area contributed by atoms with Crippen molar-refractivity contribution in [2.45, 2.75) is 37.8 Å². The maximum absolute atomic E-state index is 13.4. The average Bonchev–Trinajstić information content (AvgIpc) is 3.19. The number of hydrogen-bond donors (Lipinski definition) is 2. The van der Waals surface area contributed by atoms with Gasteiger partial charge in [-0.25, -0.2) is 4.39 Å². The molecule has 2 aromatic carbocycles. The second kappa shape index (κ2) is 9.79. The van der Waals surface area contributed by atoms with Gasteiger partial charge in [-0.2, -0.15) is 0 Å². The highest BCUT2D eigenvalue weighted by atomic mass is 35.5. The summed E-state index contributed by atoms with van der Waals surface area (Å²) in [4.78, 5) is 24.7. The maximum atomic E-state index is 13.4.